The Labute approximate surface area is 114 Å². The highest BCUT2D eigenvalue weighted by Gasteiger charge is 2.17. The topological polar surface area (TPSA) is 55.1 Å². The van der Waals surface area contributed by atoms with Gasteiger partial charge in [0.25, 0.3) is 0 Å². The number of fused-ring (bicyclic) bond motifs is 1. The van der Waals surface area contributed by atoms with Crippen molar-refractivity contribution in [2.45, 2.75) is 12.8 Å². The van der Waals surface area contributed by atoms with Crippen molar-refractivity contribution >= 4 is 35.7 Å². The lowest BCUT2D eigenvalue weighted by atomic mass is 9.98. The molecule has 0 saturated carbocycles. The summed E-state index contributed by atoms with van der Waals surface area (Å²) in [5, 5.41) is 9.01. The number of imidazole rings is 1. The monoisotopic (exact) mass is 272 g/mol. The number of hydrogen-bond acceptors (Lipinski definition) is 3. The number of carboxylic acids is 1. The number of carbonyl (C=O) groups is 1. The van der Waals surface area contributed by atoms with Crippen LogP contribution in [0.1, 0.15) is 21.7 Å². The van der Waals surface area contributed by atoms with Crippen LogP contribution in [0.5, 0.6) is 0 Å². The summed E-state index contributed by atoms with van der Waals surface area (Å²) in [5.74, 6) is -0.811. The Hall–Kier alpha value is -2.14. The van der Waals surface area contributed by atoms with Gasteiger partial charge in [-0.05, 0) is 36.6 Å². The largest absolute Gasteiger partial charge is 0.478 e. The Morgan fingerprint density at radius 2 is 2.37 bits per heavy atom. The summed E-state index contributed by atoms with van der Waals surface area (Å²) in [6.45, 7) is 0. The van der Waals surface area contributed by atoms with Crippen molar-refractivity contribution < 1.29 is 9.90 Å². The van der Waals surface area contributed by atoms with Crippen LogP contribution in [0, 0.1) is 0 Å². The molecule has 5 heteroatoms. The highest BCUT2D eigenvalue weighted by atomic mass is 32.1. The first kappa shape index (κ1) is 11.9. The van der Waals surface area contributed by atoms with Crippen molar-refractivity contribution in [1.82, 2.24) is 9.55 Å². The molecular weight excluding hydrogens is 260 g/mol. The number of rotatable bonds is 3. The minimum Gasteiger partial charge on any atom is -0.478 e. The molecule has 96 valence electrons. The third kappa shape index (κ3) is 2.51. The van der Waals surface area contributed by atoms with Gasteiger partial charge in [-0.2, -0.15) is 0 Å². The molecule has 0 fully saturated rings. The molecule has 0 aromatic carbocycles. The lowest BCUT2D eigenvalue weighted by Gasteiger charge is -2.08. The third-order valence-electron chi connectivity index (χ3n) is 3.04. The average molecular weight is 272 g/mol. The summed E-state index contributed by atoms with van der Waals surface area (Å²) >= 11 is 1.62. The molecular formula is C14H12N2O2S. The summed E-state index contributed by atoms with van der Waals surface area (Å²) in [7, 11) is 0. The fraction of sp³-hybridized carbons (Fsp3) is 0.143. The van der Waals surface area contributed by atoms with Gasteiger partial charge >= 0.3 is 5.97 Å². The molecule has 0 saturated heterocycles. The minimum absolute atomic E-state index is 0.500. The van der Waals surface area contributed by atoms with Gasteiger partial charge in [-0.25, -0.2) is 9.78 Å². The van der Waals surface area contributed by atoms with Crippen molar-refractivity contribution in [3.05, 3.63) is 45.7 Å². The number of thiophene rings is 1. The van der Waals surface area contributed by atoms with E-state index in [0.29, 0.717) is 12.0 Å². The molecule has 1 aliphatic rings. The molecule has 4 nitrogen and oxygen atoms in total. The molecule has 0 bridgehead atoms. The minimum atomic E-state index is -0.811. The number of aryl methyl sites for hydroxylation is 1. The summed E-state index contributed by atoms with van der Waals surface area (Å²) in [6.07, 6.45) is 12.5. The van der Waals surface area contributed by atoms with Crippen LogP contribution in [-0.4, -0.2) is 20.6 Å². The Bertz CT molecular complexity index is 666. The maximum Gasteiger partial charge on any atom is 0.331 e. The van der Waals surface area contributed by atoms with Gasteiger partial charge in [0, 0.05) is 33.9 Å². The van der Waals surface area contributed by atoms with Crippen LogP contribution in [0.2, 0.25) is 0 Å². The first-order valence-electron chi connectivity index (χ1n) is 5.94. The Morgan fingerprint density at radius 3 is 3.11 bits per heavy atom. The van der Waals surface area contributed by atoms with Crippen LogP contribution in [0.25, 0.3) is 18.4 Å². The number of nitrogens with zero attached hydrogens (tertiary/aromatic N) is 2. The second kappa shape index (κ2) is 4.85. The number of aliphatic carboxylic acids is 1. The van der Waals surface area contributed by atoms with Crippen molar-refractivity contribution in [3.63, 3.8) is 0 Å². The van der Waals surface area contributed by atoms with Crippen LogP contribution in [0.4, 0.5) is 0 Å². The van der Waals surface area contributed by atoms with E-state index in [0.717, 1.165) is 16.2 Å². The molecule has 2 aromatic heterocycles. The van der Waals surface area contributed by atoms with Crippen molar-refractivity contribution in [2.24, 2.45) is 0 Å². The summed E-state index contributed by atoms with van der Waals surface area (Å²) in [5.41, 5.74) is 1.74. The first-order valence-corrected chi connectivity index (χ1v) is 6.76. The zero-order chi connectivity index (χ0) is 13.2. The second-order valence-corrected chi connectivity index (χ2v) is 5.45. The molecule has 2 aromatic rings. The number of aromatic nitrogens is 2. The van der Waals surface area contributed by atoms with Gasteiger partial charge in [0.15, 0.2) is 0 Å². The zero-order valence-corrected chi connectivity index (χ0v) is 10.9. The summed E-state index contributed by atoms with van der Waals surface area (Å²) in [4.78, 5) is 17.1. The number of hydrogen-bond donors (Lipinski definition) is 1. The summed E-state index contributed by atoms with van der Waals surface area (Å²) in [6, 6.07) is 2.13. The Morgan fingerprint density at radius 1 is 1.47 bits per heavy atom. The van der Waals surface area contributed by atoms with Crippen molar-refractivity contribution in [1.29, 1.82) is 0 Å². The maximum absolute atomic E-state index is 11.0. The Kier molecular flexibility index (Phi) is 3.05. The van der Waals surface area contributed by atoms with Crippen LogP contribution in [-0.2, 0) is 11.2 Å². The quantitative estimate of drug-likeness (QED) is 0.934. The molecule has 0 unspecified atom stereocenters. The predicted molar refractivity (Wildman–Crippen MR) is 75.7 cm³/mol. The molecule has 0 radical (unpaired) electrons. The SMILES string of the molecule is O=C(O)C1=Cc2sc(C=Cn3ccnc3)cc2CC1. The van der Waals surface area contributed by atoms with E-state index in [4.69, 9.17) is 5.11 Å². The standard InChI is InChI=1S/C14H12N2O2S/c17-14(18)11-2-1-10-7-12(19-13(10)8-11)3-5-16-6-4-15-9-16/h3-9H,1-2H2,(H,17,18). The van der Waals surface area contributed by atoms with E-state index in [9.17, 15) is 4.79 Å². The van der Waals surface area contributed by atoms with E-state index in [-0.39, 0.29) is 0 Å². The van der Waals surface area contributed by atoms with Crippen LogP contribution in [0.15, 0.2) is 30.4 Å². The van der Waals surface area contributed by atoms with E-state index < -0.39 is 5.97 Å². The molecule has 0 atom stereocenters. The predicted octanol–water partition coefficient (Wildman–Crippen LogP) is 2.99. The van der Waals surface area contributed by atoms with E-state index in [2.05, 4.69) is 11.1 Å². The smallest absolute Gasteiger partial charge is 0.331 e. The van der Waals surface area contributed by atoms with Crippen molar-refractivity contribution in [2.75, 3.05) is 0 Å². The van der Waals surface area contributed by atoms with Crippen LogP contribution >= 0.6 is 11.3 Å². The van der Waals surface area contributed by atoms with Gasteiger partial charge in [0.1, 0.15) is 0 Å². The highest BCUT2D eigenvalue weighted by Crippen LogP contribution is 2.32. The van der Waals surface area contributed by atoms with Gasteiger partial charge in [0.05, 0.1) is 6.33 Å². The lowest BCUT2D eigenvalue weighted by Crippen LogP contribution is -2.05. The van der Waals surface area contributed by atoms with Crippen molar-refractivity contribution in [3.8, 4) is 0 Å². The molecule has 3 rings (SSSR count). The fourth-order valence-electron chi connectivity index (χ4n) is 2.05. The van der Waals surface area contributed by atoms with Gasteiger partial charge in [-0.15, -0.1) is 11.3 Å². The van der Waals surface area contributed by atoms with E-state index in [1.165, 1.54) is 5.56 Å². The molecule has 0 spiro atoms. The summed E-state index contributed by atoms with van der Waals surface area (Å²) < 4.78 is 1.87. The van der Waals surface area contributed by atoms with E-state index in [1.807, 2.05) is 23.0 Å². The van der Waals surface area contributed by atoms with Gasteiger partial charge in [-0.3, -0.25) is 0 Å². The Balaban J connectivity index is 1.86. The molecule has 1 aliphatic carbocycles. The van der Waals surface area contributed by atoms with Crippen LogP contribution < -0.4 is 0 Å². The average Bonchev–Trinajstić information content (AvgIpc) is 3.04. The van der Waals surface area contributed by atoms with Crippen LogP contribution in [0.3, 0.4) is 0 Å². The lowest BCUT2D eigenvalue weighted by molar-refractivity contribution is -0.132. The maximum atomic E-state index is 11.0. The normalized spacial score (nSPS) is 14.4. The highest BCUT2D eigenvalue weighted by molar-refractivity contribution is 7.14. The fourth-order valence-corrected chi connectivity index (χ4v) is 3.13. The molecule has 2 heterocycles. The van der Waals surface area contributed by atoms with Gasteiger partial charge in [-0.1, -0.05) is 0 Å². The molecule has 0 aliphatic heterocycles. The van der Waals surface area contributed by atoms with Gasteiger partial charge < -0.3 is 9.67 Å². The number of carboxylic acid groups (broad SMARTS) is 1. The van der Waals surface area contributed by atoms with E-state index in [1.54, 1.807) is 29.9 Å². The second-order valence-electron chi connectivity index (χ2n) is 4.34. The first-order chi connectivity index (χ1) is 9.22. The molecule has 1 N–H and O–H groups in total. The molecule has 19 heavy (non-hydrogen) atoms. The van der Waals surface area contributed by atoms with E-state index >= 15 is 0 Å². The third-order valence-corrected chi connectivity index (χ3v) is 4.13. The zero-order valence-electron chi connectivity index (χ0n) is 10.1. The molecule has 0 amide bonds. The van der Waals surface area contributed by atoms with Gasteiger partial charge in [0.2, 0.25) is 0 Å².